The maximum absolute atomic E-state index is 12.5. The number of amides is 1. The van der Waals surface area contributed by atoms with Crippen LogP contribution in [0, 0.1) is 0 Å². The molecule has 0 saturated carbocycles. The molecule has 8 heteroatoms. The lowest BCUT2D eigenvalue weighted by atomic mass is 10.1. The number of carbonyl (C=O) groups excluding carboxylic acids is 1. The molecular weight excluding hydrogens is 522 g/mol. The molecule has 0 heterocycles. The van der Waals surface area contributed by atoms with Crippen LogP contribution in [0.2, 0.25) is 5.02 Å². The monoisotopic (exact) mass is 545 g/mol. The van der Waals surface area contributed by atoms with E-state index in [0.717, 1.165) is 11.1 Å². The Morgan fingerprint density at radius 3 is 2.53 bits per heavy atom. The van der Waals surface area contributed by atoms with Gasteiger partial charge in [0.2, 0.25) is 5.91 Å². The molecule has 0 radical (unpaired) electrons. The summed E-state index contributed by atoms with van der Waals surface area (Å²) in [4.78, 5) is 12.5. The summed E-state index contributed by atoms with van der Waals surface area (Å²) >= 11 is 9.79. The number of hydrogen-bond donors (Lipinski definition) is 1. The molecule has 1 amide bonds. The molecule has 0 atom stereocenters. The first-order chi connectivity index (χ1) is 16.4. The average Bonchev–Trinajstić information content (AvgIpc) is 2.83. The number of halogens is 2. The molecule has 0 aliphatic rings. The Morgan fingerprint density at radius 2 is 1.82 bits per heavy atom. The topological polar surface area (TPSA) is 66.0 Å². The summed E-state index contributed by atoms with van der Waals surface area (Å²) in [5.41, 5.74) is 2.14. The van der Waals surface area contributed by atoms with Crippen molar-refractivity contribution in [1.82, 2.24) is 0 Å². The number of hydrogen-bond acceptors (Lipinski definition) is 5. The molecule has 0 bridgehead atoms. The van der Waals surface area contributed by atoms with Crippen molar-refractivity contribution in [2.45, 2.75) is 13.5 Å². The van der Waals surface area contributed by atoms with E-state index in [2.05, 4.69) is 21.2 Å². The van der Waals surface area contributed by atoms with Crippen LogP contribution in [0.25, 0.3) is 6.08 Å². The van der Waals surface area contributed by atoms with Crippen LogP contribution in [-0.2, 0) is 11.4 Å². The lowest BCUT2D eigenvalue weighted by Crippen LogP contribution is -2.09. The smallest absolute Gasteiger partial charge is 0.248 e. The molecule has 3 aromatic carbocycles. The Bertz CT molecular complexity index is 1180. The van der Waals surface area contributed by atoms with Crippen LogP contribution in [0.1, 0.15) is 18.1 Å². The van der Waals surface area contributed by atoms with Crippen molar-refractivity contribution in [3.8, 4) is 23.0 Å². The molecule has 0 saturated heterocycles. The third-order valence-corrected chi connectivity index (χ3v) is 5.71. The Morgan fingerprint density at radius 1 is 1.03 bits per heavy atom. The highest BCUT2D eigenvalue weighted by Gasteiger charge is 2.13. The minimum absolute atomic E-state index is 0.290. The molecule has 0 unspecified atom stereocenters. The third-order valence-electron chi connectivity index (χ3n) is 4.75. The molecule has 0 spiro atoms. The average molecular weight is 547 g/mol. The first-order valence-electron chi connectivity index (χ1n) is 10.5. The summed E-state index contributed by atoms with van der Waals surface area (Å²) in [7, 11) is 3.10. The van der Waals surface area contributed by atoms with E-state index in [1.165, 1.54) is 13.2 Å². The Kier molecular flexibility index (Phi) is 9.24. The predicted molar refractivity (Wildman–Crippen MR) is 138 cm³/mol. The van der Waals surface area contributed by atoms with Gasteiger partial charge >= 0.3 is 0 Å². The van der Waals surface area contributed by atoms with Crippen molar-refractivity contribution >= 4 is 45.2 Å². The minimum Gasteiger partial charge on any atom is -0.497 e. The van der Waals surface area contributed by atoms with Gasteiger partial charge in [-0.05, 0) is 64.8 Å². The van der Waals surface area contributed by atoms with Gasteiger partial charge in [0.1, 0.15) is 18.1 Å². The van der Waals surface area contributed by atoms with Crippen LogP contribution in [0.3, 0.4) is 0 Å². The van der Waals surface area contributed by atoms with E-state index < -0.39 is 0 Å². The maximum Gasteiger partial charge on any atom is 0.248 e. The Balaban J connectivity index is 1.77. The molecular formula is C26H25BrClNO5. The van der Waals surface area contributed by atoms with Crippen LogP contribution in [-0.4, -0.2) is 26.7 Å². The van der Waals surface area contributed by atoms with Crippen LogP contribution < -0.4 is 24.3 Å². The van der Waals surface area contributed by atoms with E-state index in [1.54, 1.807) is 31.4 Å². The second-order valence-corrected chi connectivity index (χ2v) is 8.29. The van der Waals surface area contributed by atoms with Gasteiger partial charge in [-0.1, -0.05) is 29.8 Å². The fourth-order valence-corrected chi connectivity index (χ4v) is 3.88. The number of methoxy groups -OCH3 is 2. The third kappa shape index (κ3) is 6.68. The molecule has 178 valence electrons. The maximum atomic E-state index is 12.5. The largest absolute Gasteiger partial charge is 0.497 e. The molecule has 0 fully saturated rings. The van der Waals surface area contributed by atoms with Gasteiger partial charge in [-0.2, -0.15) is 0 Å². The van der Waals surface area contributed by atoms with Gasteiger partial charge in [0, 0.05) is 22.7 Å². The van der Waals surface area contributed by atoms with Crippen molar-refractivity contribution in [2.75, 3.05) is 26.1 Å². The molecule has 34 heavy (non-hydrogen) atoms. The van der Waals surface area contributed by atoms with Gasteiger partial charge in [0.25, 0.3) is 0 Å². The number of benzene rings is 3. The normalized spacial score (nSPS) is 10.7. The number of ether oxygens (including phenoxy) is 4. The number of nitrogens with one attached hydrogen (secondary N) is 1. The first kappa shape index (κ1) is 25.5. The lowest BCUT2D eigenvalue weighted by molar-refractivity contribution is -0.111. The zero-order valence-electron chi connectivity index (χ0n) is 19.1. The highest BCUT2D eigenvalue weighted by molar-refractivity contribution is 9.10. The van der Waals surface area contributed by atoms with Gasteiger partial charge in [-0.25, -0.2) is 0 Å². The van der Waals surface area contributed by atoms with E-state index in [0.29, 0.717) is 44.8 Å². The van der Waals surface area contributed by atoms with Gasteiger partial charge < -0.3 is 24.3 Å². The van der Waals surface area contributed by atoms with Crippen LogP contribution >= 0.6 is 27.5 Å². The highest BCUT2D eigenvalue weighted by Crippen LogP contribution is 2.38. The Hall–Kier alpha value is -3.16. The number of rotatable bonds is 10. The van der Waals surface area contributed by atoms with E-state index in [4.69, 9.17) is 30.5 Å². The van der Waals surface area contributed by atoms with Gasteiger partial charge in [-0.15, -0.1) is 0 Å². The lowest BCUT2D eigenvalue weighted by Gasteiger charge is -2.15. The number of carbonyl (C=O) groups is 1. The van der Waals surface area contributed by atoms with Gasteiger partial charge in [0.15, 0.2) is 11.5 Å². The fourth-order valence-electron chi connectivity index (χ4n) is 3.11. The van der Waals surface area contributed by atoms with E-state index >= 15 is 0 Å². The molecule has 3 rings (SSSR count). The standard InChI is InChI=1S/C26H25BrClNO5/c1-4-33-24-14-17(13-20(27)26(24)34-16-18-7-5-6-8-21(18)28)9-12-25(30)29-22-15-19(31-2)10-11-23(22)32-3/h5-15H,4,16H2,1-3H3,(H,29,30)/b12-9+. The molecule has 0 aromatic heterocycles. The number of anilines is 1. The van der Waals surface area contributed by atoms with Gasteiger partial charge in [0.05, 0.1) is 31.0 Å². The molecule has 0 aliphatic carbocycles. The minimum atomic E-state index is -0.320. The first-order valence-corrected chi connectivity index (χ1v) is 11.7. The quantitative estimate of drug-likeness (QED) is 0.285. The molecule has 6 nitrogen and oxygen atoms in total. The molecule has 0 aliphatic heterocycles. The fraction of sp³-hybridized carbons (Fsp3) is 0.192. The highest BCUT2D eigenvalue weighted by atomic mass is 79.9. The van der Waals surface area contributed by atoms with Crippen molar-refractivity contribution in [1.29, 1.82) is 0 Å². The predicted octanol–water partition coefficient (Wildman–Crippen LogP) is 6.75. The van der Waals surface area contributed by atoms with Crippen molar-refractivity contribution < 1.29 is 23.7 Å². The summed E-state index contributed by atoms with van der Waals surface area (Å²) in [6.07, 6.45) is 3.12. The van der Waals surface area contributed by atoms with Crippen molar-refractivity contribution in [2.24, 2.45) is 0 Å². The van der Waals surface area contributed by atoms with Crippen LogP contribution in [0.15, 0.2) is 65.1 Å². The van der Waals surface area contributed by atoms with Crippen LogP contribution in [0.4, 0.5) is 5.69 Å². The SMILES string of the molecule is CCOc1cc(/C=C/C(=O)Nc2cc(OC)ccc2OC)cc(Br)c1OCc1ccccc1Cl. The summed E-state index contributed by atoms with van der Waals surface area (Å²) in [6.45, 7) is 2.64. The van der Waals surface area contributed by atoms with Crippen molar-refractivity contribution in [3.05, 3.63) is 81.3 Å². The summed E-state index contributed by atoms with van der Waals surface area (Å²) in [6, 6.07) is 16.3. The van der Waals surface area contributed by atoms with E-state index in [9.17, 15) is 4.79 Å². The zero-order chi connectivity index (χ0) is 24.5. The van der Waals surface area contributed by atoms with Crippen LogP contribution in [0.5, 0.6) is 23.0 Å². The summed E-state index contributed by atoms with van der Waals surface area (Å²) in [5.74, 6) is 1.93. The summed E-state index contributed by atoms with van der Waals surface area (Å²) < 4.78 is 23.0. The Labute approximate surface area is 212 Å². The zero-order valence-corrected chi connectivity index (χ0v) is 21.4. The van der Waals surface area contributed by atoms with Gasteiger partial charge in [-0.3, -0.25) is 4.79 Å². The summed E-state index contributed by atoms with van der Waals surface area (Å²) in [5, 5.41) is 3.44. The second-order valence-electron chi connectivity index (χ2n) is 7.03. The van der Waals surface area contributed by atoms with E-state index in [-0.39, 0.29) is 12.5 Å². The molecule has 3 aromatic rings. The molecule has 1 N–H and O–H groups in total. The second kappa shape index (κ2) is 12.3. The van der Waals surface area contributed by atoms with E-state index in [1.807, 2.05) is 43.3 Å². The van der Waals surface area contributed by atoms with Crippen molar-refractivity contribution in [3.63, 3.8) is 0 Å².